The van der Waals surface area contributed by atoms with Crippen LogP contribution in [0.3, 0.4) is 0 Å². The lowest BCUT2D eigenvalue weighted by atomic mass is 9.91. The van der Waals surface area contributed by atoms with Gasteiger partial charge in [0, 0.05) is 24.8 Å². The number of amidine groups is 1. The van der Waals surface area contributed by atoms with Crippen LogP contribution in [0.25, 0.3) is 0 Å². The summed E-state index contributed by atoms with van der Waals surface area (Å²) in [4.78, 5) is 15.4. The molecule has 5 rings (SSSR count). The van der Waals surface area contributed by atoms with Gasteiger partial charge in [0.2, 0.25) is 0 Å². The molecule has 3 atom stereocenters. The molecule has 0 radical (unpaired) electrons. The number of amides is 1. The van der Waals surface area contributed by atoms with E-state index in [9.17, 15) is 18.0 Å². The van der Waals surface area contributed by atoms with Gasteiger partial charge in [-0.05, 0) is 37.1 Å². The first-order valence-corrected chi connectivity index (χ1v) is 10.3. The number of aromatic nitrogens is 2. The summed E-state index contributed by atoms with van der Waals surface area (Å²) in [6.07, 6.45) is -0.788. The molecule has 7 nitrogen and oxygen atoms in total. The van der Waals surface area contributed by atoms with Crippen LogP contribution in [0.4, 0.5) is 13.2 Å². The fourth-order valence-electron chi connectivity index (χ4n) is 4.55. The number of halogens is 4. The number of carbonyl (C=O) groups is 1. The predicted octanol–water partition coefficient (Wildman–Crippen LogP) is 3.12. The van der Waals surface area contributed by atoms with Crippen molar-refractivity contribution < 1.29 is 18.0 Å². The fraction of sp³-hybridized carbons (Fsp3) is 0.400. The minimum atomic E-state index is -4.67. The highest BCUT2D eigenvalue weighted by molar-refractivity contribution is 6.34. The van der Waals surface area contributed by atoms with Crippen LogP contribution >= 0.6 is 11.6 Å². The highest BCUT2D eigenvalue weighted by Crippen LogP contribution is 2.38. The number of fused-ring (bicyclic) bond motifs is 4. The molecule has 1 aromatic carbocycles. The second-order valence-corrected chi connectivity index (χ2v) is 8.19. The van der Waals surface area contributed by atoms with E-state index in [4.69, 9.17) is 11.6 Å². The number of benzene rings is 1. The molecule has 3 aliphatic rings. The van der Waals surface area contributed by atoms with E-state index in [2.05, 4.69) is 20.6 Å². The van der Waals surface area contributed by atoms with Crippen LogP contribution < -0.4 is 5.32 Å². The average Bonchev–Trinajstić information content (AvgIpc) is 3.13. The third-order valence-corrected chi connectivity index (χ3v) is 6.29. The topological polar surface area (TPSA) is 73.7 Å². The number of hydrogen-bond acceptors (Lipinski definition) is 6. The molecule has 1 N–H and O–H groups in total. The molecule has 2 saturated heterocycles. The average molecular weight is 451 g/mol. The molecular weight excluding hydrogens is 433 g/mol. The molecular formula is C20H18ClF3N6O. The molecule has 0 aliphatic carbocycles. The zero-order chi connectivity index (χ0) is 21.8. The highest BCUT2D eigenvalue weighted by Gasteiger charge is 2.49. The van der Waals surface area contributed by atoms with E-state index in [0.29, 0.717) is 18.1 Å². The van der Waals surface area contributed by atoms with Crippen molar-refractivity contribution in [2.24, 2.45) is 5.10 Å². The number of rotatable bonds is 2. The van der Waals surface area contributed by atoms with Crippen LogP contribution in [-0.4, -0.2) is 56.6 Å². The smallest absolute Gasteiger partial charge is 0.328 e. The zero-order valence-electron chi connectivity index (χ0n) is 16.2. The van der Waals surface area contributed by atoms with E-state index in [1.807, 2.05) is 4.90 Å². The second-order valence-electron chi connectivity index (χ2n) is 7.81. The Kier molecular flexibility index (Phi) is 4.86. The number of nitrogens with one attached hydrogen (secondary N) is 1. The van der Waals surface area contributed by atoms with E-state index >= 15 is 0 Å². The highest BCUT2D eigenvalue weighted by atomic mass is 35.5. The fourth-order valence-corrected chi connectivity index (χ4v) is 4.87. The molecule has 11 heteroatoms. The van der Waals surface area contributed by atoms with Crippen molar-refractivity contribution in [3.8, 4) is 0 Å². The molecule has 2 bridgehead atoms. The molecule has 162 valence electrons. The van der Waals surface area contributed by atoms with E-state index in [0.717, 1.165) is 25.3 Å². The van der Waals surface area contributed by atoms with Gasteiger partial charge in [0.25, 0.3) is 5.91 Å². The number of carbonyl (C=O) groups excluding carboxylic acids is 1. The van der Waals surface area contributed by atoms with Crippen molar-refractivity contribution in [3.63, 3.8) is 0 Å². The van der Waals surface area contributed by atoms with Gasteiger partial charge in [0.15, 0.2) is 5.84 Å². The van der Waals surface area contributed by atoms with Gasteiger partial charge >= 0.3 is 6.18 Å². The van der Waals surface area contributed by atoms with Gasteiger partial charge in [-0.1, -0.05) is 24.1 Å². The number of nitrogens with zero attached hydrogens (tertiary/aromatic N) is 5. The normalized spacial score (nSPS) is 25.3. The lowest BCUT2D eigenvalue weighted by Crippen LogP contribution is -2.67. The molecule has 0 saturated carbocycles. The summed E-state index contributed by atoms with van der Waals surface area (Å²) >= 11 is 6.03. The first-order chi connectivity index (χ1) is 14.8. The molecule has 31 heavy (non-hydrogen) atoms. The standard InChI is InChI=1S/C20H18ClF3N6O/c21-16-12(5-2-6-13(16)20(22,23)24)19(31)30-18-15-7-1-4-11(26-15)10-29(18)17(28-30)14-8-3-9-25-27-14/h2-3,5-6,8-9,11,15,18,26H,1,4,7,10H2. The van der Waals surface area contributed by atoms with Crippen LogP contribution in [0, 0.1) is 0 Å². The molecule has 1 amide bonds. The van der Waals surface area contributed by atoms with E-state index in [1.54, 1.807) is 12.1 Å². The SMILES string of the molecule is O=C(c1cccc(C(F)(F)F)c1Cl)N1N=C(c2cccnn2)N2CC3CCCC(N3)C21. The maximum atomic E-state index is 13.4. The van der Waals surface area contributed by atoms with Gasteiger partial charge in [-0.2, -0.15) is 18.3 Å². The van der Waals surface area contributed by atoms with Crippen molar-refractivity contribution >= 4 is 23.3 Å². The van der Waals surface area contributed by atoms with Gasteiger partial charge in [-0.15, -0.1) is 10.2 Å². The largest absolute Gasteiger partial charge is 0.417 e. The van der Waals surface area contributed by atoms with Gasteiger partial charge in [-0.25, -0.2) is 5.01 Å². The Balaban J connectivity index is 1.57. The summed E-state index contributed by atoms with van der Waals surface area (Å²) in [5.41, 5.74) is -0.787. The summed E-state index contributed by atoms with van der Waals surface area (Å²) in [5.74, 6) is -0.205. The minimum Gasteiger partial charge on any atom is -0.328 e. The first kappa shape index (κ1) is 20.2. The Bertz CT molecular complexity index is 1050. The molecule has 4 heterocycles. The number of piperazine rings is 1. The van der Waals surface area contributed by atoms with Crippen LogP contribution in [0.1, 0.15) is 40.9 Å². The number of piperidine rings is 1. The van der Waals surface area contributed by atoms with Crippen LogP contribution in [0.15, 0.2) is 41.6 Å². The number of alkyl halides is 3. The maximum Gasteiger partial charge on any atom is 0.417 e. The maximum absolute atomic E-state index is 13.4. The van der Waals surface area contributed by atoms with Gasteiger partial charge in [0.1, 0.15) is 11.9 Å². The van der Waals surface area contributed by atoms with Crippen LogP contribution in [0.5, 0.6) is 0 Å². The third-order valence-electron chi connectivity index (χ3n) is 5.88. The third kappa shape index (κ3) is 3.43. The first-order valence-electron chi connectivity index (χ1n) is 9.93. The molecule has 3 aliphatic heterocycles. The van der Waals surface area contributed by atoms with Crippen LogP contribution in [0.2, 0.25) is 5.02 Å². The minimum absolute atomic E-state index is 0.0704. The predicted molar refractivity (Wildman–Crippen MR) is 106 cm³/mol. The summed E-state index contributed by atoms with van der Waals surface area (Å²) in [5, 5.41) is 16.7. The van der Waals surface area contributed by atoms with E-state index in [1.165, 1.54) is 23.3 Å². The Morgan fingerprint density at radius 3 is 2.77 bits per heavy atom. The number of hydrazone groups is 1. The Hall–Kier alpha value is -2.72. The number of hydrogen-bond donors (Lipinski definition) is 1. The Labute approximate surface area is 180 Å². The Morgan fingerprint density at radius 1 is 1.19 bits per heavy atom. The summed E-state index contributed by atoms with van der Waals surface area (Å²) in [7, 11) is 0. The van der Waals surface area contributed by atoms with Crippen molar-refractivity contribution in [2.45, 2.75) is 43.7 Å². The van der Waals surface area contributed by atoms with E-state index < -0.39 is 28.8 Å². The lowest BCUT2D eigenvalue weighted by molar-refractivity contribution is -0.137. The van der Waals surface area contributed by atoms with E-state index in [-0.39, 0.29) is 17.6 Å². The molecule has 2 fully saturated rings. The van der Waals surface area contributed by atoms with Crippen LogP contribution in [-0.2, 0) is 6.18 Å². The second kappa shape index (κ2) is 7.45. The van der Waals surface area contributed by atoms with Crippen molar-refractivity contribution in [3.05, 3.63) is 58.4 Å². The van der Waals surface area contributed by atoms with Gasteiger partial charge in [0.05, 0.1) is 16.1 Å². The summed E-state index contributed by atoms with van der Waals surface area (Å²) in [6, 6.07) is 6.96. The lowest BCUT2D eigenvalue weighted by Gasteiger charge is -2.47. The molecule has 3 unspecified atom stereocenters. The molecule has 0 spiro atoms. The molecule has 1 aromatic heterocycles. The van der Waals surface area contributed by atoms with Gasteiger partial charge < -0.3 is 10.2 Å². The van der Waals surface area contributed by atoms with Crippen molar-refractivity contribution in [2.75, 3.05) is 6.54 Å². The Morgan fingerprint density at radius 2 is 2.03 bits per heavy atom. The summed E-state index contributed by atoms with van der Waals surface area (Å²) in [6.45, 7) is 0.608. The summed E-state index contributed by atoms with van der Waals surface area (Å²) < 4.78 is 40.0. The zero-order valence-corrected chi connectivity index (χ0v) is 16.9. The quantitative estimate of drug-likeness (QED) is 0.761. The van der Waals surface area contributed by atoms with Gasteiger partial charge in [-0.3, -0.25) is 4.79 Å². The monoisotopic (exact) mass is 450 g/mol. The van der Waals surface area contributed by atoms with Crippen molar-refractivity contribution in [1.29, 1.82) is 0 Å². The van der Waals surface area contributed by atoms with Crippen molar-refractivity contribution in [1.82, 2.24) is 25.4 Å². The molecule has 2 aromatic rings.